The Hall–Kier alpha value is 0.310. The van der Waals surface area contributed by atoms with E-state index < -0.39 is 0 Å². The van der Waals surface area contributed by atoms with Gasteiger partial charge in [-0.05, 0) is 51.1 Å². The highest BCUT2D eigenvalue weighted by Gasteiger charge is 2.15. The monoisotopic (exact) mass is 428 g/mol. The second kappa shape index (κ2) is 13.9. The third-order valence-electron chi connectivity index (χ3n) is 3.83. The SMILES string of the molecule is CCN(CC)CCCCNC(=NC)NCC1CCCS1.I. The van der Waals surface area contributed by atoms with Crippen molar-refractivity contribution in [2.24, 2.45) is 4.99 Å². The van der Waals surface area contributed by atoms with E-state index in [9.17, 15) is 0 Å². The van der Waals surface area contributed by atoms with Gasteiger partial charge in [0.1, 0.15) is 0 Å². The van der Waals surface area contributed by atoms with Gasteiger partial charge in [-0.3, -0.25) is 4.99 Å². The number of hydrogen-bond acceptors (Lipinski definition) is 3. The second-order valence-corrected chi connectivity index (χ2v) is 6.66. The first-order valence-electron chi connectivity index (χ1n) is 8.08. The maximum atomic E-state index is 4.29. The van der Waals surface area contributed by atoms with E-state index in [1.165, 1.54) is 38.0 Å². The van der Waals surface area contributed by atoms with Gasteiger partial charge in [0.2, 0.25) is 0 Å². The zero-order valence-corrected chi connectivity index (χ0v) is 17.0. The molecule has 0 aromatic carbocycles. The average Bonchev–Trinajstić information content (AvgIpc) is 2.99. The highest BCUT2D eigenvalue weighted by atomic mass is 127. The molecule has 126 valence electrons. The van der Waals surface area contributed by atoms with Gasteiger partial charge in [-0.25, -0.2) is 0 Å². The lowest BCUT2D eigenvalue weighted by Crippen LogP contribution is -2.40. The Bertz CT molecular complexity index is 266. The Labute approximate surface area is 152 Å². The standard InChI is InChI=1S/C15H32N4S.HI/c1-4-19(5-2)11-7-6-10-17-15(16-3)18-13-14-9-8-12-20-14;/h14H,4-13H2,1-3H3,(H2,16,17,18);1H. The lowest BCUT2D eigenvalue weighted by atomic mass is 10.2. The van der Waals surface area contributed by atoms with Crippen molar-refractivity contribution < 1.29 is 0 Å². The van der Waals surface area contributed by atoms with Gasteiger partial charge in [0.15, 0.2) is 5.96 Å². The zero-order chi connectivity index (χ0) is 14.6. The van der Waals surface area contributed by atoms with Crippen LogP contribution in [0.1, 0.15) is 39.5 Å². The molecule has 1 fully saturated rings. The molecule has 1 aliphatic heterocycles. The summed E-state index contributed by atoms with van der Waals surface area (Å²) in [5.74, 6) is 2.28. The van der Waals surface area contributed by atoms with Crippen LogP contribution in [-0.2, 0) is 0 Å². The molecule has 1 aliphatic rings. The molecule has 1 heterocycles. The van der Waals surface area contributed by atoms with Crippen LogP contribution in [0.15, 0.2) is 4.99 Å². The first-order chi connectivity index (χ1) is 9.80. The van der Waals surface area contributed by atoms with E-state index in [2.05, 4.69) is 46.1 Å². The van der Waals surface area contributed by atoms with Crippen LogP contribution in [0.5, 0.6) is 0 Å². The first kappa shape index (κ1) is 21.3. The van der Waals surface area contributed by atoms with Crippen LogP contribution in [0.2, 0.25) is 0 Å². The van der Waals surface area contributed by atoms with Crippen molar-refractivity contribution in [2.45, 2.75) is 44.8 Å². The van der Waals surface area contributed by atoms with E-state index in [0.29, 0.717) is 0 Å². The summed E-state index contributed by atoms with van der Waals surface area (Å²) in [6.07, 6.45) is 5.17. The molecule has 0 amide bonds. The lowest BCUT2D eigenvalue weighted by Gasteiger charge is -2.18. The van der Waals surface area contributed by atoms with Crippen molar-refractivity contribution in [3.8, 4) is 0 Å². The largest absolute Gasteiger partial charge is 0.356 e. The van der Waals surface area contributed by atoms with Gasteiger partial charge in [0.05, 0.1) is 0 Å². The number of guanidine groups is 1. The van der Waals surface area contributed by atoms with E-state index in [1.807, 2.05) is 7.05 Å². The van der Waals surface area contributed by atoms with Crippen LogP contribution in [0.25, 0.3) is 0 Å². The summed E-state index contributed by atoms with van der Waals surface area (Å²) in [4.78, 5) is 6.77. The smallest absolute Gasteiger partial charge is 0.191 e. The summed E-state index contributed by atoms with van der Waals surface area (Å²) in [6.45, 7) is 10.0. The average molecular weight is 428 g/mol. The van der Waals surface area contributed by atoms with Gasteiger partial charge in [-0.1, -0.05) is 13.8 Å². The molecule has 0 radical (unpaired) electrons. The minimum Gasteiger partial charge on any atom is -0.356 e. The van der Waals surface area contributed by atoms with Crippen molar-refractivity contribution in [1.29, 1.82) is 0 Å². The number of nitrogens with one attached hydrogen (secondary N) is 2. The molecule has 0 aromatic heterocycles. The molecule has 4 nitrogen and oxygen atoms in total. The van der Waals surface area contributed by atoms with Gasteiger partial charge in [0.25, 0.3) is 0 Å². The van der Waals surface area contributed by atoms with E-state index >= 15 is 0 Å². The molecule has 1 unspecified atom stereocenters. The van der Waals surface area contributed by atoms with E-state index in [1.54, 1.807) is 0 Å². The number of nitrogens with zero attached hydrogens (tertiary/aromatic N) is 2. The normalized spacial score (nSPS) is 18.7. The van der Waals surface area contributed by atoms with Crippen LogP contribution < -0.4 is 10.6 Å². The molecule has 1 rings (SSSR count). The number of rotatable bonds is 9. The predicted molar refractivity (Wildman–Crippen MR) is 107 cm³/mol. The maximum Gasteiger partial charge on any atom is 0.191 e. The van der Waals surface area contributed by atoms with Crippen molar-refractivity contribution in [1.82, 2.24) is 15.5 Å². The highest BCUT2D eigenvalue weighted by Crippen LogP contribution is 2.25. The molecule has 1 saturated heterocycles. The van der Waals surface area contributed by atoms with E-state index in [4.69, 9.17) is 0 Å². The first-order valence-corrected chi connectivity index (χ1v) is 9.13. The molecule has 0 aromatic rings. The van der Waals surface area contributed by atoms with Crippen LogP contribution in [0, 0.1) is 0 Å². The van der Waals surface area contributed by atoms with Crippen molar-refractivity contribution in [3.05, 3.63) is 0 Å². The fraction of sp³-hybridized carbons (Fsp3) is 0.933. The minimum atomic E-state index is 0. The molecule has 2 N–H and O–H groups in total. The molecule has 0 aliphatic carbocycles. The van der Waals surface area contributed by atoms with Crippen molar-refractivity contribution >= 4 is 41.7 Å². The summed E-state index contributed by atoms with van der Waals surface area (Å²) < 4.78 is 0. The fourth-order valence-corrected chi connectivity index (χ4v) is 3.64. The summed E-state index contributed by atoms with van der Waals surface area (Å²) in [7, 11) is 1.85. The summed E-state index contributed by atoms with van der Waals surface area (Å²) >= 11 is 2.08. The summed E-state index contributed by atoms with van der Waals surface area (Å²) in [5, 5.41) is 7.63. The Morgan fingerprint density at radius 2 is 2.00 bits per heavy atom. The van der Waals surface area contributed by atoms with Gasteiger partial charge < -0.3 is 15.5 Å². The minimum absolute atomic E-state index is 0. The topological polar surface area (TPSA) is 39.7 Å². The summed E-state index contributed by atoms with van der Waals surface area (Å²) in [5.41, 5.74) is 0. The Morgan fingerprint density at radius 3 is 2.57 bits per heavy atom. The third-order valence-corrected chi connectivity index (χ3v) is 5.23. The third kappa shape index (κ3) is 9.84. The molecule has 1 atom stereocenters. The number of aliphatic imine (C=N–C) groups is 1. The zero-order valence-electron chi connectivity index (χ0n) is 13.9. The van der Waals surface area contributed by atoms with Crippen LogP contribution in [0.3, 0.4) is 0 Å². The Balaban J connectivity index is 0.00000400. The van der Waals surface area contributed by atoms with Gasteiger partial charge in [0, 0.05) is 25.4 Å². The summed E-state index contributed by atoms with van der Waals surface area (Å²) in [6, 6.07) is 0. The van der Waals surface area contributed by atoms with Crippen LogP contribution >= 0.6 is 35.7 Å². The number of hydrogen-bond donors (Lipinski definition) is 2. The molecular weight excluding hydrogens is 395 g/mol. The quantitative estimate of drug-likeness (QED) is 0.257. The second-order valence-electron chi connectivity index (χ2n) is 5.25. The number of unbranched alkanes of at least 4 members (excludes halogenated alkanes) is 1. The van der Waals surface area contributed by atoms with Crippen LogP contribution in [-0.4, -0.2) is 61.6 Å². The van der Waals surface area contributed by atoms with Gasteiger partial charge >= 0.3 is 0 Å². The van der Waals surface area contributed by atoms with E-state index in [0.717, 1.165) is 37.4 Å². The molecule has 0 saturated carbocycles. The maximum absolute atomic E-state index is 4.29. The lowest BCUT2D eigenvalue weighted by molar-refractivity contribution is 0.297. The van der Waals surface area contributed by atoms with Gasteiger partial charge in [-0.15, -0.1) is 24.0 Å². The van der Waals surface area contributed by atoms with Crippen molar-refractivity contribution in [3.63, 3.8) is 0 Å². The van der Waals surface area contributed by atoms with Crippen molar-refractivity contribution in [2.75, 3.05) is 45.5 Å². The van der Waals surface area contributed by atoms with E-state index in [-0.39, 0.29) is 24.0 Å². The van der Waals surface area contributed by atoms with Gasteiger partial charge in [-0.2, -0.15) is 11.8 Å². The number of thioether (sulfide) groups is 1. The highest BCUT2D eigenvalue weighted by molar-refractivity contribution is 14.0. The predicted octanol–water partition coefficient (Wildman–Crippen LogP) is 2.79. The molecule has 6 heteroatoms. The molecular formula is C15H33IN4S. The fourth-order valence-electron chi connectivity index (χ4n) is 2.44. The number of halogens is 1. The molecule has 0 spiro atoms. The Kier molecular flexibility index (Phi) is 14.1. The Morgan fingerprint density at radius 1 is 1.24 bits per heavy atom. The molecule has 21 heavy (non-hydrogen) atoms. The molecule has 0 bridgehead atoms. The van der Waals surface area contributed by atoms with Crippen LogP contribution in [0.4, 0.5) is 0 Å².